The molecule has 0 aromatic heterocycles. The average molecular weight is 458 g/mol. The Morgan fingerprint density at radius 2 is 1.66 bits per heavy atom. The molecule has 3 aromatic rings. The first-order chi connectivity index (χ1) is 15.5. The van der Waals surface area contributed by atoms with Gasteiger partial charge in [-0.25, -0.2) is 4.79 Å². The van der Waals surface area contributed by atoms with Gasteiger partial charge in [0, 0.05) is 16.5 Å². The third-order valence-corrected chi connectivity index (χ3v) is 5.50. The van der Waals surface area contributed by atoms with Crippen molar-refractivity contribution in [3.63, 3.8) is 0 Å². The number of hydrogen-bond acceptors (Lipinski definition) is 7. The van der Waals surface area contributed by atoms with E-state index in [1.165, 1.54) is 36.0 Å². The predicted octanol–water partition coefficient (Wildman–Crippen LogP) is 5.21. The van der Waals surface area contributed by atoms with E-state index in [0.717, 1.165) is 0 Å². The normalized spacial score (nSPS) is 12.0. The van der Waals surface area contributed by atoms with E-state index < -0.39 is 12.6 Å². The second-order valence-electron chi connectivity index (χ2n) is 6.52. The van der Waals surface area contributed by atoms with Crippen LogP contribution >= 0.6 is 11.8 Å². The van der Waals surface area contributed by atoms with Crippen LogP contribution in [0, 0.1) is 0 Å². The Kier molecular flexibility index (Phi) is 6.55. The number of thioether (sulfide) groups is 1. The maximum absolute atomic E-state index is 12.7. The van der Waals surface area contributed by atoms with E-state index in [0.29, 0.717) is 33.3 Å². The number of ketones is 1. The number of benzene rings is 3. The summed E-state index contributed by atoms with van der Waals surface area (Å²) in [6.45, 7) is -2.82. The Morgan fingerprint density at radius 1 is 0.938 bits per heavy atom. The molecule has 3 aromatic carbocycles. The van der Waals surface area contributed by atoms with E-state index in [1.807, 2.05) is 0 Å². The third-order valence-electron chi connectivity index (χ3n) is 4.42. The van der Waals surface area contributed by atoms with E-state index >= 15 is 0 Å². The van der Waals surface area contributed by atoms with E-state index in [1.54, 1.807) is 42.5 Å². The summed E-state index contributed by atoms with van der Waals surface area (Å²) in [6.07, 6.45) is 0. The maximum Gasteiger partial charge on any atom is 0.387 e. The molecular weight excluding hydrogens is 442 g/mol. The molecular formula is C23H16F2O6S. The molecule has 0 aliphatic carbocycles. The smallest absolute Gasteiger partial charge is 0.387 e. The second kappa shape index (κ2) is 9.69. The van der Waals surface area contributed by atoms with E-state index in [-0.39, 0.29) is 24.1 Å². The fraction of sp³-hybridized carbons (Fsp3) is 0.130. The fourth-order valence-corrected chi connectivity index (χ4v) is 3.85. The molecule has 0 saturated heterocycles. The van der Waals surface area contributed by atoms with Crippen molar-refractivity contribution in [3.05, 3.63) is 77.9 Å². The summed E-state index contributed by atoms with van der Waals surface area (Å²) < 4.78 is 44.7. The number of hydrogen-bond donors (Lipinski definition) is 0. The van der Waals surface area contributed by atoms with Crippen LogP contribution in [0.2, 0.25) is 0 Å². The van der Waals surface area contributed by atoms with Crippen LogP contribution in [-0.2, 0) is 0 Å². The largest absolute Gasteiger partial charge is 0.454 e. The fourth-order valence-electron chi connectivity index (χ4n) is 2.91. The summed E-state index contributed by atoms with van der Waals surface area (Å²) in [4.78, 5) is 25.8. The zero-order valence-electron chi connectivity index (χ0n) is 16.5. The number of carbonyl (C=O) groups is 2. The second-order valence-corrected chi connectivity index (χ2v) is 7.53. The summed E-state index contributed by atoms with van der Waals surface area (Å²) >= 11 is 1.18. The number of esters is 1. The van der Waals surface area contributed by atoms with Crippen LogP contribution in [-0.4, -0.2) is 30.9 Å². The van der Waals surface area contributed by atoms with Gasteiger partial charge in [-0.2, -0.15) is 8.78 Å². The van der Waals surface area contributed by atoms with Gasteiger partial charge in [0.05, 0.1) is 11.3 Å². The molecule has 1 heterocycles. The van der Waals surface area contributed by atoms with Crippen molar-refractivity contribution in [2.75, 3.05) is 12.5 Å². The summed E-state index contributed by atoms with van der Waals surface area (Å²) in [5.74, 6) is 0.595. The Balaban J connectivity index is 1.40. The molecule has 0 saturated carbocycles. The monoisotopic (exact) mass is 458 g/mol. The topological polar surface area (TPSA) is 71.1 Å². The molecule has 164 valence electrons. The van der Waals surface area contributed by atoms with Crippen LogP contribution in [0.15, 0.2) is 71.6 Å². The van der Waals surface area contributed by atoms with Gasteiger partial charge < -0.3 is 18.9 Å². The lowest BCUT2D eigenvalue weighted by Crippen LogP contribution is -2.10. The highest BCUT2D eigenvalue weighted by atomic mass is 32.2. The standard InChI is InChI=1S/C23H16F2O6S/c24-23(25)31-15-7-5-14(6-8-15)18(26)12-32-21-4-2-1-3-17(21)22(27)30-16-9-10-19-20(11-16)29-13-28-19/h1-11,23H,12-13H2. The van der Waals surface area contributed by atoms with Gasteiger partial charge in [0.2, 0.25) is 6.79 Å². The highest BCUT2D eigenvalue weighted by Crippen LogP contribution is 2.35. The molecule has 0 atom stereocenters. The first-order valence-corrected chi connectivity index (χ1v) is 10.4. The first kappa shape index (κ1) is 21.6. The number of rotatable bonds is 8. The lowest BCUT2D eigenvalue weighted by Gasteiger charge is -2.10. The lowest BCUT2D eigenvalue weighted by atomic mass is 10.1. The molecule has 0 amide bonds. The van der Waals surface area contributed by atoms with E-state index in [4.69, 9.17) is 14.2 Å². The first-order valence-electron chi connectivity index (χ1n) is 9.41. The van der Waals surface area contributed by atoms with Crippen LogP contribution in [0.1, 0.15) is 20.7 Å². The Morgan fingerprint density at radius 3 is 2.44 bits per heavy atom. The van der Waals surface area contributed by atoms with Gasteiger partial charge in [-0.05, 0) is 48.5 Å². The summed E-state index contributed by atoms with van der Waals surface area (Å²) in [6, 6.07) is 17.0. The van der Waals surface area contributed by atoms with Crippen LogP contribution in [0.25, 0.3) is 0 Å². The zero-order chi connectivity index (χ0) is 22.5. The van der Waals surface area contributed by atoms with Crippen molar-refractivity contribution in [1.29, 1.82) is 0 Å². The van der Waals surface area contributed by atoms with Gasteiger partial charge in [-0.1, -0.05) is 12.1 Å². The predicted molar refractivity (Wildman–Crippen MR) is 112 cm³/mol. The van der Waals surface area contributed by atoms with Gasteiger partial charge in [0.25, 0.3) is 0 Å². The van der Waals surface area contributed by atoms with Crippen molar-refractivity contribution >= 4 is 23.5 Å². The van der Waals surface area contributed by atoms with Crippen molar-refractivity contribution in [1.82, 2.24) is 0 Å². The third kappa shape index (κ3) is 5.17. The van der Waals surface area contributed by atoms with Crippen molar-refractivity contribution in [2.45, 2.75) is 11.5 Å². The molecule has 9 heteroatoms. The molecule has 32 heavy (non-hydrogen) atoms. The molecule has 0 radical (unpaired) electrons. The van der Waals surface area contributed by atoms with E-state index in [2.05, 4.69) is 4.74 Å². The van der Waals surface area contributed by atoms with Crippen LogP contribution in [0.4, 0.5) is 8.78 Å². The SMILES string of the molecule is O=C(CSc1ccccc1C(=O)Oc1ccc2c(c1)OCO2)c1ccc(OC(F)F)cc1. The quantitative estimate of drug-likeness (QED) is 0.199. The summed E-state index contributed by atoms with van der Waals surface area (Å²) in [5.41, 5.74) is 0.656. The number of carbonyl (C=O) groups excluding carboxylic acids is 2. The van der Waals surface area contributed by atoms with Gasteiger partial charge in [-0.3, -0.25) is 4.79 Å². The number of ether oxygens (including phenoxy) is 4. The highest BCUT2D eigenvalue weighted by Gasteiger charge is 2.18. The minimum atomic E-state index is -2.93. The average Bonchev–Trinajstić information content (AvgIpc) is 3.25. The molecule has 0 spiro atoms. The van der Waals surface area contributed by atoms with Crippen molar-refractivity contribution < 1.29 is 37.3 Å². The summed E-state index contributed by atoms with van der Waals surface area (Å²) in [7, 11) is 0. The maximum atomic E-state index is 12.7. The van der Waals surface area contributed by atoms with Gasteiger partial charge in [0.1, 0.15) is 11.5 Å². The van der Waals surface area contributed by atoms with Gasteiger partial charge in [-0.15, -0.1) is 11.8 Å². The van der Waals surface area contributed by atoms with Gasteiger partial charge in [0.15, 0.2) is 17.3 Å². The highest BCUT2D eigenvalue weighted by molar-refractivity contribution is 8.00. The molecule has 0 bridgehead atoms. The zero-order valence-corrected chi connectivity index (χ0v) is 17.3. The van der Waals surface area contributed by atoms with Crippen molar-refractivity contribution in [2.24, 2.45) is 0 Å². The van der Waals surface area contributed by atoms with Crippen molar-refractivity contribution in [3.8, 4) is 23.0 Å². The number of halogens is 2. The van der Waals surface area contributed by atoms with Crippen LogP contribution < -0.4 is 18.9 Å². The Labute approximate surface area is 186 Å². The number of alkyl halides is 2. The number of Topliss-reactive ketones (excluding diaryl/α,β-unsaturated/α-hetero) is 1. The molecule has 6 nitrogen and oxygen atoms in total. The summed E-state index contributed by atoms with van der Waals surface area (Å²) in [5, 5.41) is 0. The number of fused-ring (bicyclic) bond motifs is 1. The van der Waals surface area contributed by atoms with E-state index in [9.17, 15) is 18.4 Å². The van der Waals surface area contributed by atoms with Gasteiger partial charge >= 0.3 is 12.6 Å². The Bertz CT molecular complexity index is 1130. The van der Waals surface area contributed by atoms with Crippen LogP contribution in [0.5, 0.6) is 23.0 Å². The molecule has 1 aliphatic rings. The molecule has 1 aliphatic heterocycles. The molecule has 0 fully saturated rings. The lowest BCUT2D eigenvalue weighted by molar-refractivity contribution is -0.0498. The minimum absolute atomic E-state index is 0.0270. The minimum Gasteiger partial charge on any atom is -0.454 e. The molecule has 4 rings (SSSR count). The van der Waals surface area contributed by atoms with Crippen LogP contribution in [0.3, 0.4) is 0 Å². The molecule has 0 N–H and O–H groups in total. The molecule has 0 unspecified atom stereocenters. The Hall–Kier alpha value is -3.59.